The van der Waals surface area contributed by atoms with Crippen LogP contribution in [0.1, 0.15) is 42.2 Å². The number of hydrogen-bond acceptors (Lipinski definition) is 5. The quantitative estimate of drug-likeness (QED) is 0.565. The van der Waals surface area contributed by atoms with Gasteiger partial charge in [0.05, 0.1) is 16.1 Å². The van der Waals surface area contributed by atoms with E-state index in [-0.39, 0.29) is 44.4 Å². The van der Waals surface area contributed by atoms with Crippen molar-refractivity contribution in [2.75, 3.05) is 11.6 Å². The Hall–Kier alpha value is -3.58. The molecule has 3 aromatic carbocycles. The fourth-order valence-electron chi connectivity index (χ4n) is 3.31. The van der Waals surface area contributed by atoms with Gasteiger partial charge in [-0.3, -0.25) is 14.4 Å². The monoisotopic (exact) mass is 405 g/mol. The topological polar surface area (TPSA) is 97.4 Å². The van der Waals surface area contributed by atoms with Crippen molar-refractivity contribution in [1.29, 1.82) is 0 Å². The second kappa shape index (κ2) is 6.79. The second-order valence-corrected chi connectivity index (χ2v) is 8.70. The van der Waals surface area contributed by atoms with Crippen molar-refractivity contribution in [2.24, 2.45) is 0 Å². The van der Waals surface area contributed by atoms with E-state index in [0.29, 0.717) is 5.56 Å². The number of carbonyl (C=O) groups excluding carboxylic acids is 3. The van der Waals surface area contributed by atoms with E-state index in [4.69, 9.17) is 0 Å². The molecular weight excluding hydrogens is 390 g/mol. The number of carbonyl (C=O) groups is 3. The van der Waals surface area contributed by atoms with Crippen LogP contribution in [0.3, 0.4) is 0 Å². The molecule has 0 heterocycles. The Kier molecular flexibility index (Phi) is 4.39. The lowest BCUT2D eigenvalue weighted by atomic mass is 9.83. The molecule has 0 aliphatic heterocycles. The predicted molar refractivity (Wildman–Crippen MR) is 107 cm³/mol. The van der Waals surface area contributed by atoms with Gasteiger partial charge in [0.2, 0.25) is 0 Å². The van der Waals surface area contributed by atoms with Crippen LogP contribution in [0.2, 0.25) is 0 Å². The molecule has 0 unspecified atom stereocenters. The van der Waals surface area contributed by atoms with Gasteiger partial charge in [0.15, 0.2) is 21.4 Å². The first kappa shape index (κ1) is 18.8. The molecule has 144 valence electrons. The van der Waals surface area contributed by atoms with Gasteiger partial charge in [-0.05, 0) is 24.3 Å². The normalized spacial score (nSPS) is 12.9. The van der Waals surface area contributed by atoms with Crippen molar-refractivity contribution in [1.82, 2.24) is 0 Å². The Bertz CT molecular complexity index is 1310. The molecule has 29 heavy (non-hydrogen) atoms. The van der Waals surface area contributed by atoms with Crippen LogP contribution in [0.5, 0.6) is 0 Å². The highest BCUT2D eigenvalue weighted by Gasteiger charge is 2.31. The molecule has 1 aliphatic rings. The van der Waals surface area contributed by atoms with Crippen LogP contribution in [-0.2, 0) is 9.84 Å². The Balaban J connectivity index is 1.75. The first-order chi connectivity index (χ1) is 13.8. The SMILES string of the molecule is CS(=O)(=O)c1cccc(C(=O)Nc2cccc3c2C(=O)c2ccccc2C3=O)c1. The van der Waals surface area contributed by atoms with E-state index < -0.39 is 15.7 Å². The largest absolute Gasteiger partial charge is 0.321 e. The number of fused-ring (bicyclic) bond motifs is 2. The van der Waals surface area contributed by atoms with E-state index in [2.05, 4.69) is 5.32 Å². The summed E-state index contributed by atoms with van der Waals surface area (Å²) in [4.78, 5) is 38.5. The zero-order valence-corrected chi connectivity index (χ0v) is 16.1. The summed E-state index contributed by atoms with van der Waals surface area (Å²) in [6, 6.07) is 16.8. The fraction of sp³-hybridized carbons (Fsp3) is 0.0455. The molecule has 0 aromatic heterocycles. The second-order valence-electron chi connectivity index (χ2n) is 6.69. The van der Waals surface area contributed by atoms with Crippen LogP contribution >= 0.6 is 0 Å². The molecule has 0 bridgehead atoms. The molecule has 0 radical (unpaired) electrons. The van der Waals surface area contributed by atoms with Crippen molar-refractivity contribution >= 4 is 33.0 Å². The number of amides is 1. The number of sulfone groups is 1. The maximum Gasteiger partial charge on any atom is 0.255 e. The molecule has 4 rings (SSSR count). The predicted octanol–water partition coefficient (Wildman–Crippen LogP) is 3.12. The van der Waals surface area contributed by atoms with Gasteiger partial charge in [0.25, 0.3) is 5.91 Å². The van der Waals surface area contributed by atoms with E-state index in [1.165, 1.54) is 30.3 Å². The molecule has 0 atom stereocenters. The minimum absolute atomic E-state index is 0.0143. The highest BCUT2D eigenvalue weighted by atomic mass is 32.2. The summed E-state index contributed by atoms with van der Waals surface area (Å²) in [7, 11) is -3.47. The summed E-state index contributed by atoms with van der Waals surface area (Å²) >= 11 is 0. The Morgan fingerprint density at radius 3 is 2.10 bits per heavy atom. The van der Waals surface area contributed by atoms with Gasteiger partial charge in [-0.25, -0.2) is 8.42 Å². The van der Waals surface area contributed by atoms with Crippen molar-refractivity contribution in [3.8, 4) is 0 Å². The van der Waals surface area contributed by atoms with Crippen LogP contribution in [0.25, 0.3) is 0 Å². The summed E-state index contributed by atoms with van der Waals surface area (Å²) in [5.41, 5.74) is 1.28. The molecule has 3 aromatic rings. The van der Waals surface area contributed by atoms with Crippen molar-refractivity contribution < 1.29 is 22.8 Å². The van der Waals surface area contributed by atoms with Crippen molar-refractivity contribution in [2.45, 2.75) is 4.90 Å². The molecule has 1 amide bonds. The van der Waals surface area contributed by atoms with Crippen LogP contribution in [0.4, 0.5) is 5.69 Å². The van der Waals surface area contributed by atoms with Crippen LogP contribution < -0.4 is 5.32 Å². The van der Waals surface area contributed by atoms with Gasteiger partial charge in [0.1, 0.15) is 0 Å². The lowest BCUT2D eigenvalue weighted by Gasteiger charge is -2.20. The number of rotatable bonds is 3. The Labute approximate surface area is 167 Å². The molecule has 1 aliphatic carbocycles. The van der Waals surface area contributed by atoms with E-state index in [1.807, 2.05) is 0 Å². The Morgan fingerprint density at radius 2 is 1.41 bits per heavy atom. The lowest BCUT2D eigenvalue weighted by Crippen LogP contribution is -2.24. The van der Waals surface area contributed by atoms with Gasteiger partial charge in [0, 0.05) is 28.5 Å². The minimum atomic E-state index is -3.47. The molecule has 1 N–H and O–H groups in total. The van der Waals surface area contributed by atoms with Crippen LogP contribution in [0, 0.1) is 0 Å². The van der Waals surface area contributed by atoms with Crippen LogP contribution in [0.15, 0.2) is 71.6 Å². The van der Waals surface area contributed by atoms with Gasteiger partial charge in [-0.2, -0.15) is 0 Å². The maximum absolute atomic E-state index is 13.0. The third-order valence-corrected chi connectivity index (χ3v) is 5.84. The molecule has 0 spiro atoms. The van der Waals surface area contributed by atoms with E-state index in [1.54, 1.807) is 36.4 Å². The average Bonchev–Trinajstić information content (AvgIpc) is 2.71. The molecule has 7 heteroatoms. The van der Waals surface area contributed by atoms with E-state index >= 15 is 0 Å². The minimum Gasteiger partial charge on any atom is -0.321 e. The number of anilines is 1. The van der Waals surface area contributed by atoms with Gasteiger partial charge in [-0.15, -0.1) is 0 Å². The molecule has 0 saturated carbocycles. The van der Waals surface area contributed by atoms with Gasteiger partial charge < -0.3 is 5.32 Å². The number of hydrogen-bond donors (Lipinski definition) is 1. The third-order valence-electron chi connectivity index (χ3n) is 4.73. The molecule has 0 fully saturated rings. The third kappa shape index (κ3) is 3.25. The fourth-order valence-corrected chi connectivity index (χ4v) is 3.98. The van der Waals surface area contributed by atoms with Gasteiger partial charge in [-0.1, -0.05) is 42.5 Å². The van der Waals surface area contributed by atoms with E-state index in [0.717, 1.165) is 6.26 Å². The summed E-state index contributed by atoms with van der Waals surface area (Å²) in [5, 5.41) is 2.64. The van der Waals surface area contributed by atoms with Crippen molar-refractivity contribution in [3.05, 3.63) is 94.5 Å². The summed E-state index contributed by atoms with van der Waals surface area (Å²) in [5.74, 6) is -1.22. The standard InChI is InChI=1S/C22H15NO5S/c1-29(27,28)14-7-4-6-13(12-14)22(26)23-18-11-5-10-17-19(18)21(25)16-9-3-2-8-15(16)20(17)24/h2-12H,1H3,(H,23,26). The van der Waals surface area contributed by atoms with Gasteiger partial charge >= 0.3 is 0 Å². The zero-order chi connectivity index (χ0) is 20.8. The number of benzene rings is 3. The Morgan fingerprint density at radius 1 is 0.793 bits per heavy atom. The zero-order valence-electron chi connectivity index (χ0n) is 15.3. The highest BCUT2D eigenvalue weighted by Crippen LogP contribution is 2.32. The number of nitrogens with one attached hydrogen (secondary N) is 1. The summed E-state index contributed by atoms with van der Waals surface area (Å²) in [6.45, 7) is 0. The smallest absolute Gasteiger partial charge is 0.255 e. The molecule has 6 nitrogen and oxygen atoms in total. The molecule has 0 saturated heterocycles. The maximum atomic E-state index is 13.0. The summed E-state index contributed by atoms with van der Waals surface area (Å²) < 4.78 is 23.5. The average molecular weight is 405 g/mol. The van der Waals surface area contributed by atoms with E-state index in [9.17, 15) is 22.8 Å². The number of ketones is 2. The van der Waals surface area contributed by atoms with Crippen molar-refractivity contribution in [3.63, 3.8) is 0 Å². The first-order valence-corrected chi connectivity index (χ1v) is 10.6. The lowest BCUT2D eigenvalue weighted by molar-refractivity contribution is 0.0978. The highest BCUT2D eigenvalue weighted by molar-refractivity contribution is 7.90. The van der Waals surface area contributed by atoms with Crippen LogP contribution in [-0.4, -0.2) is 32.1 Å². The summed E-state index contributed by atoms with van der Waals surface area (Å²) in [6.07, 6.45) is 1.05. The molecular formula is C22H15NO5S. The first-order valence-electron chi connectivity index (χ1n) is 8.70.